The first-order chi connectivity index (χ1) is 14.3. The molecule has 1 aliphatic heterocycles. The number of methoxy groups -OCH3 is 1. The van der Waals surface area contributed by atoms with E-state index < -0.39 is 0 Å². The second kappa shape index (κ2) is 9.61. The molecule has 1 saturated heterocycles. The van der Waals surface area contributed by atoms with Crippen LogP contribution in [0, 0.1) is 19.8 Å². The van der Waals surface area contributed by atoms with E-state index >= 15 is 0 Å². The first kappa shape index (κ1) is 22.3. The van der Waals surface area contributed by atoms with Gasteiger partial charge in [0, 0.05) is 37.4 Å². The minimum Gasteiger partial charge on any atom is -0.493 e. The van der Waals surface area contributed by atoms with Gasteiger partial charge in [0.1, 0.15) is 0 Å². The number of ether oxygens (including phenoxy) is 2. The molecule has 3 rings (SSSR count). The average Bonchev–Trinajstić information content (AvgIpc) is 2.73. The van der Waals surface area contributed by atoms with Gasteiger partial charge in [-0.3, -0.25) is 4.79 Å². The number of rotatable bonds is 6. The van der Waals surface area contributed by atoms with Crippen LogP contribution < -0.4 is 14.4 Å². The molecule has 2 aromatic carbocycles. The fourth-order valence-corrected chi connectivity index (χ4v) is 3.91. The van der Waals surface area contributed by atoms with Crippen molar-refractivity contribution < 1.29 is 14.3 Å². The van der Waals surface area contributed by atoms with Gasteiger partial charge < -0.3 is 19.3 Å². The Balaban J connectivity index is 1.71. The van der Waals surface area contributed by atoms with E-state index in [1.165, 1.54) is 16.8 Å². The van der Waals surface area contributed by atoms with Crippen molar-refractivity contribution in [3.63, 3.8) is 0 Å². The van der Waals surface area contributed by atoms with Gasteiger partial charge in [-0.05, 0) is 49.1 Å². The summed E-state index contributed by atoms with van der Waals surface area (Å²) < 4.78 is 11.2. The molecule has 30 heavy (non-hydrogen) atoms. The van der Waals surface area contributed by atoms with Gasteiger partial charge in [-0.1, -0.05) is 37.6 Å². The maximum Gasteiger partial charge on any atom is 0.254 e. The highest BCUT2D eigenvalue weighted by atomic mass is 35.5. The number of nitrogens with zero attached hydrogens (tertiary/aromatic N) is 2. The summed E-state index contributed by atoms with van der Waals surface area (Å²) >= 11 is 6.43. The summed E-state index contributed by atoms with van der Waals surface area (Å²) in [5, 5.41) is 0.396. The molecule has 0 radical (unpaired) electrons. The Morgan fingerprint density at radius 2 is 1.83 bits per heavy atom. The minimum absolute atomic E-state index is 0.0359. The molecule has 5 nitrogen and oxygen atoms in total. The number of halogens is 1. The predicted molar refractivity (Wildman–Crippen MR) is 122 cm³/mol. The lowest BCUT2D eigenvalue weighted by Gasteiger charge is -2.37. The first-order valence-corrected chi connectivity index (χ1v) is 10.8. The van der Waals surface area contributed by atoms with Crippen LogP contribution in [0.4, 0.5) is 5.69 Å². The molecule has 0 bridgehead atoms. The number of anilines is 1. The largest absolute Gasteiger partial charge is 0.493 e. The van der Waals surface area contributed by atoms with Crippen molar-refractivity contribution in [1.29, 1.82) is 0 Å². The highest BCUT2D eigenvalue weighted by Crippen LogP contribution is 2.37. The van der Waals surface area contributed by atoms with Crippen molar-refractivity contribution in [1.82, 2.24) is 4.90 Å². The molecule has 0 aromatic heterocycles. The molecule has 0 atom stereocenters. The quantitative estimate of drug-likeness (QED) is 0.649. The zero-order valence-corrected chi connectivity index (χ0v) is 19.3. The van der Waals surface area contributed by atoms with Gasteiger partial charge in [0.15, 0.2) is 11.5 Å². The molecule has 0 unspecified atom stereocenters. The normalized spacial score (nSPS) is 14.2. The second-order valence-electron chi connectivity index (χ2n) is 8.19. The van der Waals surface area contributed by atoms with E-state index in [-0.39, 0.29) is 5.91 Å². The standard InChI is InChI=1S/C24H31ClN2O3/c1-16(2)15-30-23-20(25)13-19(14-22(23)29-5)24(28)27-11-9-26(10-12-27)21-8-6-7-17(3)18(21)4/h6-8,13-14,16H,9-12,15H2,1-5H3. The fraction of sp³-hybridized carbons (Fsp3) is 0.458. The molecule has 0 spiro atoms. The van der Waals surface area contributed by atoms with Crippen LogP contribution in [0.15, 0.2) is 30.3 Å². The third-order valence-corrected chi connectivity index (χ3v) is 5.80. The van der Waals surface area contributed by atoms with E-state index in [4.69, 9.17) is 21.1 Å². The maximum atomic E-state index is 13.1. The third kappa shape index (κ3) is 4.84. The molecule has 1 amide bonds. The maximum absolute atomic E-state index is 13.1. The lowest BCUT2D eigenvalue weighted by Crippen LogP contribution is -2.49. The van der Waals surface area contributed by atoms with E-state index in [0.29, 0.717) is 47.7 Å². The van der Waals surface area contributed by atoms with Crippen molar-refractivity contribution in [2.45, 2.75) is 27.7 Å². The van der Waals surface area contributed by atoms with Gasteiger partial charge >= 0.3 is 0 Å². The number of hydrogen-bond donors (Lipinski definition) is 0. The van der Waals surface area contributed by atoms with E-state index in [1.54, 1.807) is 19.2 Å². The molecule has 1 heterocycles. The monoisotopic (exact) mass is 430 g/mol. The molecule has 0 saturated carbocycles. The Labute approximate surface area is 184 Å². The first-order valence-electron chi connectivity index (χ1n) is 10.4. The summed E-state index contributed by atoms with van der Waals surface area (Å²) in [6.45, 7) is 11.9. The van der Waals surface area contributed by atoms with Crippen molar-refractivity contribution in [3.8, 4) is 11.5 Å². The van der Waals surface area contributed by atoms with Crippen molar-refractivity contribution in [3.05, 3.63) is 52.0 Å². The van der Waals surface area contributed by atoms with Crippen LogP contribution in [-0.4, -0.2) is 50.7 Å². The Hall–Kier alpha value is -2.40. The molecule has 162 valence electrons. The van der Waals surface area contributed by atoms with E-state index in [9.17, 15) is 4.79 Å². The van der Waals surface area contributed by atoms with Crippen molar-refractivity contribution in [2.24, 2.45) is 5.92 Å². The molecule has 1 aliphatic rings. The number of amides is 1. The molecule has 6 heteroatoms. The Morgan fingerprint density at radius 1 is 1.13 bits per heavy atom. The number of aryl methyl sites for hydroxylation is 1. The van der Waals surface area contributed by atoms with Gasteiger partial charge in [-0.2, -0.15) is 0 Å². The van der Waals surface area contributed by atoms with Gasteiger partial charge in [-0.25, -0.2) is 0 Å². The topological polar surface area (TPSA) is 42.0 Å². The van der Waals surface area contributed by atoms with Crippen LogP contribution >= 0.6 is 11.6 Å². The van der Waals surface area contributed by atoms with E-state index in [0.717, 1.165) is 13.1 Å². The Bertz CT molecular complexity index is 906. The number of carbonyl (C=O) groups excluding carboxylic acids is 1. The lowest BCUT2D eigenvalue weighted by molar-refractivity contribution is 0.0746. The van der Waals surface area contributed by atoms with Crippen LogP contribution in [0.1, 0.15) is 35.3 Å². The van der Waals surface area contributed by atoms with Crippen LogP contribution in [-0.2, 0) is 0 Å². The summed E-state index contributed by atoms with van der Waals surface area (Å²) in [4.78, 5) is 17.3. The van der Waals surface area contributed by atoms with Gasteiger partial charge in [-0.15, -0.1) is 0 Å². The smallest absolute Gasteiger partial charge is 0.254 e. The van der Waals surface area contributed by atoms with Crippen molar-refractivity contribution >= 4 is 23.2 Å². The summed E-state index contributed by atoms with van der Waals surface area (Å²) in [7, 11) is 1.56. The highest BCUT2D eigenvalue weighted by Gasteiger charge is 2.25. The number of carbonyl (C=O) groups is 1. The predicted octanol–water partition coefficient (Wildman–Crippen LogP) is 4.96. The molecule has 0 N–H and O–H groups in total. The summed E-state index contributed by atoms with van der Waals surface area (Å²) in [5.41, 5.74) is 4.35. The average molecular weight is 431 g/mol. The number of piperazine rings is 1. The van der Waals surface area contributed by atoms with Gasteiger partial charge in [0.25, 0.3) is 5.91 Å². The van der Waals surface area contributed by atoms with Crippen LogP contribution in [0.5, 0.6) is 11.5 Å². The molecular formula is C24H31ClN2O3. The van der Waals surface area contributed by atoms with Crippen LogP contribution in [0.3, 0.4) is 0 Å². The number of hydrogen-bond acceptors (Lipinski definition) is 4. The summed E-state index contributed by atoms with van der Waals surface area (Å²) in [5.74, 6) is 1.30. The lowest BCUT2D eigenvalue weighted by atomic mass is 10.1. The summed E-state index contributed by atoms with van der Waals surface area (Å²) in [6, 6.07) is 9.77. The second-order valence-corrected chi connectivity index (χ2v) is 8.60. The molecule has 1 fully saturated rings. The van der Waals surface area contributed by atoms with Crippen LogP contribution in [0.25, 0.3) is 0 Å². The zero-order valence-electron chi connectivity index (χ0n) is 18.5. The fourth-order valence-electron chi connectivity index (χ4n) is 3.64. The Morgan fingerprint density at radius 3 is 2.47 bits per heavy atom. The molecule has 0 aliphatic carbocycles. The minimum atomic E-state index is -0.0359. The third-order valence-electron chi connectivity index (χ3n) is 5.52. The van der Waals surface area contributed by atoms with E-state index in [2.05, 4.69) is 50.8 Å². The zero-order chi connectivity index (χ0) is 21.8. The molecule has 2 aromatic rings. The van der Waals surface area contributed by atoms with E-state index in [1.807, 2.05) is 4.90 Å². The van der Waals surface area contributed by atoms with Gasteiger partial charge in [0.05, 0.1) is 18.7 Å². The highest BCUT2D eigenvalue weighted by molar-refractivity contribution is 6.32. The summed E-state index contributed by atoms with van der Waals surface area (Å²) in [6.07, 6.45) is 0. The van der Waals surface area contributed by atoms with Gasteiger partial charge in [0.2, 0.25) is 0 Å². The van der Waals surface area contributed by atoms with Crippen LogP contribution in [0.2, 0.25) is 5.02 Å². The van der Waals surface area contributed by atoms with Crippen molar-refractivity contribution in [2.75, 3.05) is 44.8 Å². The Kier molecular flexibility index (Phi) is 7.14. The number of benzene rings is 2. The SMILES string of the molecule is COc1cc(C(=O)N2CCN(c3cccc(C)c3C)CC2)cc(Cl)c1OCC(C)C. The molecular weight excluding hydrogens is 400 g/mol.